The second-order valence-corrected chi connectivity index (χ2v) is 5.86. The van der Waals surface area contributed by atoms with Gasteiger partial charge >= 0.3 is 0 Å². The molecule has 0 amide bonds. The van der Waals surface area contributed by atoms with Gasteiger partial charge in [0.15, 0.2) is 0 Å². The van der Waals surface area contributed by atoms with Gasteiger partial charge in [-0.1, -0.05) is 79.8 Å². The van der Waals surface area contributed by atoms with Crippen molar-refractivity contribution in [2.75, 3.05) is 0 Å². The van der Waals surface area contributed by atoms with Gasteiger partial charge in [0.2, 0.25) is 0 Å². The lowest BCUT2D eigenvalue weighted by Gasteiger charge is -1.98. The van der Waals surface area contributed by atoms with Gasteiger partial charge < -0.3 is 9.90 Å². The van der Waals surface area contributed by atoms with E-state index >= 15 is 0 Å². The van der Waals surface area contributed by atoms with E-state index in [9.17, 15) is 9.90 Å². The summed E-state index contributed by atoms with van der Waals surface area (Å²) in [7, 11) is 0. The highest BCUT2D eigenvalue weighted by Crippen LogP contribution is 1.99. The summed E-state index contributed by atoms with van der Waals surface area (Å²) in [6.07, 6.45) is 29.9. The zero-order chi connectivity index (χ0) is 18.6. The number of allylic oxidation sites excluding steroid dienone is 10. The Kier molecular flexibility index (Phi) is 17.0. The molecule has 0 saturated heterocycles. The molecule has 0 aromatic heterocycles. The molecule has 0 aliphatic carbocycles. The van der Waals surface area contributed by atoms with Crippen molar-refractivity contribution in [2.24, 2.45) is 0 Å². The first kappa shape index (κ1) is 23.1. The van der Waals surface area contributed by atoms with Crippen LogP contribution in [0.3, 0.4) is 0 Å². The minimum Gasteiger partial charge on any atom is -0.389 e. The highest BCUT2D eigenvalue weighted by molar-refractivity contribution is 5.75. The predicted molar refractivity (Wildman–Crippen MR) is 110 cm³/mol. The molecule has 0 radical (unpaired) electrons. The molecule has 0 aromatic carbocycles. The lowest BCUT2D eigenvalue weighted by Crippen LogP contribution is -1.98. The maximum atomic E-state index is 10.8. The van der Waals surface area contributed by atoms with Gasteiger partial charge in [-0.15, -0.1) is 0 Å². The molecule has 1 atom stereocenters. The van der Waals surface area contributed by atoms with Crippen LogP contribution in [-0.2, 0) is 4.79 Å². The van der Waals surface area contributed by atoms with Crippen molar-refractivity contribution in [3.05, 3.63) is 72.9 Å². The van der Waals surface area contributed by atoms with Gasteiger partial charge in [0.25, 0.3) is 0 Å². The molecule has 0 fully saturated rings. The summed E-state index contributed by atoms with van der Waals surface area (Å²) < 4.78 is 0. The first-order valence-electron chi connectivity index (χ1n) is 9.27. The standard InChI is InChI=1S/C23H34O2/c1-3-4-5-6-10-14-17-20-23(25)21-18-15-12-9-7-8-11-13-16-19-22(2)24/h4-5,7,9-11,13-15,17-18,20,23,25H,3,6,8,12,16,19,21H2,1-2H3. The maximum absolute atomic E-state index is 10.8. The molecule has 0 aliphatic rings. The van der Waals surface area contributed by atoms with Crippen LogP contribution in [0, 0.1) is 0 Å². The van der Waals surface area contributed by atoms with Gasteiger partial charge in [-0.25, -0.2) is 0 Å². The zero-order valence-corrected chi connectivity index (χ0v) is 15.8. The summed E-state index contributed by atoms with van der Waals surface area (Å²) in [5, 5.41) is 9.82. The van der Waals surface area contributed by atoms with Gasteiger partial charge in [-0.3, -0.25) is 0 Å². The Morgan fingerprint density at radius 3 is 2.12 bits per heavy atom. The number of rotatable bonds is 14. The van der Waals surface area contributed by atoms with Crippen LogP contribution in [0.2, 0.25) is 0 Å². The Morgan fingerprint density at radius 1 is 0.840 bits per heavy atom. The summed E-state index contributed by atoms with van der Waals surface area (Å²) >= 11 is 0. The molecule has 25 heavy (non-hydrogen) atoms. The quantitative estimate of drug-likeness (QED) is 0.309. The van der Waals surface area contributed by atoms with Crippen LogP contribution in [0.5, 0.6) is 0 Å². The monoisotopic (exact) mass is 342 g/mol. The van der Waals surface area contributed by atoms with Crippen molar-refractivity contribution in [1.29, 1.82) is 0 Å². The lowest BCUT2D eigenvalue weighted by atomic mass is 10.2. The van der Waals surface area contributed by atoms with E-state index in [1.54, 1.807) is 6.92 Å². The van der Waals surface area contributed by atoms with Gasteiger partial charge in [0.1, 0.15) is 5.78 Å². The van der Waals surface area contributed by atoms with Crippen molar-refractivity contribution in [1.82, 2.24) is 0 Å². The van der Waals surface area contributed by atoms with Crippen molar-refractivity contribution in [3.8, 4) is 0 Å². The van der Waals surface area contributed by atoms with Gasteiger partial charge in [-0.2, -0.15) is 0 Å². The van der Waals surface area contributed by atoms with Crippen LogP contribution in [-0.4, -0.2) is 17.0 Å². The average Bonchev–Trinajstić information content (AvgIpc) is 2.58. The van der Waals surface area contributed by atoms with E-state index in [2.05, 4.69) is 55.5 Å². The fourth-order valence-corrected chi connectivity index (χ4v) is 1.95. The maximum Gasteiger partial charge on any atom is 0.130 e. The summed E-state index contributed by atoms with van der Waals surface area (Å²) in [4.78, 5) is 10.8. The van der Waals surface area contributed by atoms with E-state index in [1.165, 1.54) is 0 Å². The van der Waals surface area contributed by atoms with Gasteiger partial charge in [0.05, 0.1) is 6.10 Å². The number of hydrogen-bond acceptors (Lipinski definition) is 2. The van der Waals surface area contributed by atoms with Crippen molar-refractivity contribution >= 4 is 5.78 Å². The molecule has 2 nitrogen and oxygen atoms in total. The van der Waals surface area contributed by atoms with Crippen LogP contribution < -0.4 is 0 Å². The smallest absolute Gasteiger partial charge is 0.130 e. The van der Waals surface area contributed by atoms with Crippen LogP contribution in [0.15, 0.2) is 72.9 Å². The Morgan fingerprint density at radius 2 is 1.44 bits per heavy atom. The SMILES string of the molecule is CCC=CCC=CC=CC(O)CC=CCC=CCC=CCCC(C)=O. The molecule has 1 N–H and O–H groups in total. The van der Waals surface area contributed by atoms with Crippen LogP contribution in [0.25, 0.3) is 0 Å². The topological polar surface area (TPSA) is 37.3 Å². The molecular weight excluding hydrogens is 308 g/mol. The van der Waals surface area contributed by atoms with E-state index in [1.807, 2.05) is 24.3 Å². The van der Waals surface area contributed by atoms with E-state index in [0.717, 1.165) is 32.1 Å². The first-order valence-corrected chi connectivity index (χ1v) is 9.27. The molecule has 2 heteroatoms. The number of aliphatic hydroxyl groups is 1. The molecular formula is C23H34O2. The Bertz CT molecular complexity index is 490. The summed E-state index contributed by atoms with van der Waals surface area (Å²) in [6.45, 7) is 3.74. The zero-order valence-electron chi connectivity index (χ0n) is 15.8. The number of carbonyl (C=O) groups excluding carboxylic acids is 1. The van der Waals surface area contributed by atoms with Gasteiger partial charge in [0, 0.05) is 6.42 Å². The van der Waals surface area contributed by atoms with Crippen molar-refractivity contribution in [2.45, 2.75) is 64.9 Å². The normalized spacial score (nSPS) is 14.4. The third-order valence-electron chi connectivity index (χ3n) is 3.34. The molecule has 0 aliphatic heterocycles. The molecule has 0 spiro atoms. The Labute approximate surface area is 154 Å². The number of ketones is 1. The van der Waals surface area contributed by atoms with Crippen LogP contribution in [0.1, 0.15) is 58.8 Å². The second-order valence-electron chi connectivity index (χ2n) is 5.86. The minimum absolute atomic E-state index is 0.238. The molecule has 0 heterocycles. The minimum atomic E-state index is -0.430. The van der Waals surface area contributed by atoms with E-state index in [0.29, 0.717) is 12.8 Å². The fraction of sp³-hybridized carbons (Fsp3) is 0.435. The fourth-order valence-electron chi connectivity index (χ4n) is 1.95. The van der Waals surface area contributed by atoms with Crippen LogP contribution in [0.4, 0.5) is 0 Å². The molecule has 0 rings (SSSR count). The number of Topliss-reactive ketones (excluding diaryl/α,β-unsaturated/α-hetero) is 1. The highest BCUT2D eigenvalue weighted by atomic mass is 16.3. The molecule has 0 saturated carbocycles. The van der Waals surface area contributed by atoms with E-state index in [-0.39, 0.29) is 5.78 Å². The number of carbonyl (C=O) groups is 1. The third-order valence-corrected chi connectivity index (χ3v) is 3.34. The Balaban J connectivity index is 3.70. The van der Waals surface area contributed by atoms with Crippen molar-refractivity contribution in [3.63, 3.8) is 0 Å². The average molecular weight is 343 g/mol. The van der Waals surface area contributed by atoms with E-state index in [4.69, 9.17) is 0 Å². The van der Waals surface area contributed by atoms with Crippen molar-refractivity contribution < 1.29 is 9.90 Å². The number of hydrogen-bond donors (Lipinski definition) is 1. The summed E-state index contributed by atoms with van der Waals surface area (Å²) in [5.74, 6) is 0.238. The predicted octanol–water partition coefficient (Wildman–Crippen LogP) is 6.02. The molecule has 138 valence electrons. The second kappa shape index (κ2) is 18.4. The van der Waals surface area contributed by atoms with E-state index < -0.39 is 6.10 Å². The van der Waals surface area contributed by atoms with Gasteiger partial charge in [-0.05, 0) is 45.4 Å². The summed E-state index contributed by atoms with van der Waals surface area (Å²) in [6, 6.07) is 0. The molecule has 1 unspecified atom stereocenters. The Hall–Kier alpha value is -1.93. The summed E-state index contributed by atoms with van der Waals surface area (Å²) in [5.41, 5.74) is 0. The lowest BCUT2D eigenvalue weighted by molar-refractivity contribution is -0.116. The van der Waals surface area contributed by atoms with Crippen LogP contribution >= 0.6 is 0 Å². The highest BCUT2D eigenvalue weighted by Gasteiger charge is 1.92. The molecule has 0 aromatic rings. The first-order chi connectivity index (χ1) is 12.2. The largest absolute Gasteiger partial charge is 0.389 e. The molecule has 0 bridgehead atoms. The third kappa shape index (κ3) is 20.0. The number of aliphatic hydroxyl groups excluding tert-OH is 1.